The van der Waals surface area contributed by atoms with E-state index in [1.54, 1.807) is 0 Å². The van der Waals surface area contributed by atoms with Crippen molar-refractivity contribution >= 4 is 143 Å². The molecule has 0 unspecified atom stereocenters. The Morgan fingerprint density at radius 1 is 0.214 bits per heavy atom. The monoisotopic (exact) mass is 1670 g/mol. The predicted octanol–water partition coefficient (Wildman–Crippen LogP) is 34.9. The van der Waals surface area contributed by atoms with E-state index in [0.29, 0.717) is 0 Å². The Morgan fingerprint density at radius 2 is 0.534 bits per heavy atom. The molecule has 6 nitrogen and oxygen atoms in total. The van der Waals surface area contributed by atoms with Gasteiger partial charge >= 0.3 is 0 Å². The van der Waals surface area contributed by atoms with Crippen molar-refractivity contribution in [3.63, 3.8) is 0 Å². The standard InChI is InChI=1S/C64H42N2O.C61H42N2O/c1-3-12-43(13-4-1)46-26-34-52(35-27-46)65(61-21-11-19-57-63-55-17-8-7-16-50(55)33-41-62(63)67-64(57)61)53-36-28-48(29-37-53)45-22-24-49(25-23-45)51-32-40-60-58(42-51)56-18-9-10-20-59(56)66(60)54-38-30-47(31-39-54)44-14-5-2-6-15-44;1-61(2)51-21-10-8-19-48(51)59-52(61)22-13-24-55(59)63(56-25-12-20-49-58-46-17-7-6-14-42(46)33-37-57(58)64-60(49)56)45-34-30-40(31-35-45)39-26-28-41(29-27-39)43-32-36-54-50(38-43)47-18-9-11-23-53(47)62(54)44-15-4-3-5-16-44/h1-42H;3-38H,1-2H3. The zero-order chi connectivity index (χ0) is 86.8. The summed E-state index contributed by atoms with van der Waals surface area (Å²) in [5, 5.41) is 14.3. The van der Waals surface area contributed by atoms with Crippen LogP contribution in [-0.4, -0.2) is 9.13 Å². The average Bonchev–Trinajstić information content (AvgIpc) is 1.58. The molecular formula is C125H84N4O2. The highest BCUT2D eigenvalue weighted by atomic mass is 16.3. The lowest BCUT2D eigenvalue weighted by molar-refractivity contribution is 0.660. The van der Waals surface area contributed by atoms with E-state index < -0.39 is 0 Å². The Hall–Kier alpha value is -17.1. The van der Waals surface area contributed by atoms with Crippen molar-refractivity contribution in [1.29, 1.82) is 0 Å². The van der Waals surface area contributed by atoms with Crippen molar-refractivity contribution < 1.29 is 8.83 Å². The maximum atomic E-state index is 6.91. The molecule has 0 spiro atoms. The Labute approximate surface area is 758 Å². The molecular weight excluding hydrogens is 1590 g/mol. The highest BCUT2D eigenvalue weighted by Gasteiger charge is 2.38. The third kappa shape index (κ3) is 12.9. The first-order chi connectivity index (χ1) is 64.7. The molecule has 131 heavy (non-hydrogen) atoms. The summed E-state index contributed by atoms with van der Waals surface area (Å²) >= 11 is 0. The molecule has 0 fully saturated rings. The number of anilines is 6. The lowest BCUT2D eigenvalue weighted by Gasteiger charge is -2.29. The predicted molar refractivity (Wildman–Crippen MR) is 551 cm³/mol. The van der Waals surface area contributed by atoms with Crippen molar-refractivity contribution in [3.8, 4) is 89.3 Å². The van der Waals surface area contributed by atoms with E-state index in [0.717, 1.165) is 100 Å². The summed E-state index contributed by atoms with van der Waals surface area (Å²) in [5.41, 5.74) is 36.3. The number of hydrogen-bond donors (Lipinski definition) is 0. The van der Waals surface area contributed by atoms with E-state index >= 15 is 0 Å². The first kappa shape index (κ1) is 76.4. The Morgan fingerprint density at radius 3 is 1.01 bits per heavy atom. The normalized spacial score (nSPS) is 12.3. The van der Waals surface area contributed by atoms with Crippen molar-refractivity contribution in [2.75, 3.05) is 9.80 Å². The lowest BCUT2D eigenvalue weighted by atomic mass is 9.82. The molecule has 616 valence electrons. The minimum Gasteiger partial charge on any atom is -0.454 e. The maximum absolute atomic E-state index is 6.91. The number of benzene rings is 21. The van der Waals surface area contributed by atoms with Gasteiger partial charge in [0.15, 0.2) is 11.2 Å². The fourth-order valence-corrected chi connectivity index (χ4v) is 20.8. The minimum absolute atomic E-state index is 0.138. The Balaban J connectivity index is 0.000000141. The van der Waals surface area contributed by atoms with Gasteiger partial charge in [-0.25, -0.2) is 0 Å². The molecule has 0 amide bonds. The molecule has 0 N–H and O–H groups in total. The van der Waals surface area contributed by atoms with Gasteiger partial charge in [-0.3, -0.25) is 0 Å². The third-order valence-electron chi connectivity index (χ3n) is 27.2. The largest absolute Gasteiger partial charge is 0.454 e. The van der Waals surface area contributed by atoms with E-state index in [1.807, 2.05) is 0 Å². The molecule has 26 rings (SSSR count). The van der Waals surface area contributed by atoms with Crippen molar-refractivity contribution in [1.82, 2.24) is 9.13 Å². The Bertz CT molecular complexity index is 8750. The van der Waals surface area contributed by atoms with Crippen LogP contribution in [0.4, 0.5) is 34.1 Å². The molecule has 1 aliphatic rings. The molecule has 0 aliphatic heterocycles. The second kappa shape index (κ2) is 31.2. The van der Waals surface area contributed by atoms with Crippen LogP contribution in [0.2, 0.25) is 0 Å². The van der Waals surface area contributed by atoms with Gasteiger partial charge in [-0.15, -0.1) is 0 Å². The quantitative estimate of drug-likeness (QED) is 0.109. The fourth-order valence-electron chi connectivity index (χ4n) is 20.8. The van der Waals surface area contributed by atoms with Gasteiger partial charge in [-0.05, 0) is 232 Å². The molecule has 0 bridgehead atoms. The van der Waals surface area contributed by atoms with Crippen LogP contribution in [0.3, 0.4) is 0 Å². The minimum atomic E-state index is -0.138. The third-order valence-corrected chi connectivity index (χ3v) is 27.2. The van der Waals surface area contributed by atoms with Crippen LogP contribution in [0.5, 0.6) is 0 Å². The molecule has 0 atom stereocenters. The number of furan rings is 2. The Kier molecular flexibility index (Phi) is 18.2. The number of hydrogen-bond acceptors (Lipinski definition) is 4. The molecule has 0 radical (unpaired) electrons. The summed E-state index contributed by atoms with van der Waals surface area (Å²) in [7, 11) is 0. The van der Waals surface area contributed by atoms with Gasteiger partial charge in [-0.2, -0.15) is 0 Å². The van der Waals surface area contributed by atoms with Crippen LogP contribution in [0.1, 0.15) is 25.0 Å². The van der Waals surface area contributed by atoms with Gasteiger partial charge in [0.2, 0.25) is 0 Å². The van der Waals surface area contributed by atoms with Gasteiger partial charge in [0.1, 0.15) is 11.2 Å². The van der Waals surface area contributed by atoms with Gasteiger partial charge in [0, 0.05) is 82.5 Å². The van der Waals surface area contributed by atoms with E-state index in [4.69, 9.17) is 8.83 Å². The molecule has 0 saturated carbocycles. The summed E-state index contributed by atoms with van der Waals surface area (Å²) in [6.07, 6.45) is 0. The highest BCUT2D eigenvalue weighted by Crippen LogP contribution is 2.56. The first-order valence-corrected chi connectivity index (χ1v) is 45.1. The van der Waals surface area contributed by atoms with Crippen LogP contribution in [0, 0.1) is 0 Å². The van der Waals surface area contributed by atoms with Crippen molar-refractivity contribution in [2.45, 2.75) is 19.3 Å². The van der Waals surface area contributed by atoms with Crippen LogP contribution >= 0.6 is 0 Å². The van der Waals surface area contributed by atoms with Crippen LogP contribution in [-0.2, 0) is 5.41 Å². The smallest absolute Gasteiger partial charge is 0.159 e. The van der Waals surface area contributed by atoms with E-state index in [9.17, 15) is 0 Å². The summed E-state index contributed by atoms with van der Waals surface area (Å²) in [5.74, 6) is 0. The molecule has 21 aromatic carbocycles. The number of para-hydroxylation sites is 5. The molecule has 6 heteroatoms. The van der Waals surface area contributed by atoms with Gasteiger partial charge in [0.25, 0.3) is 0 Å². The second-order valence-electron chi connectivity index (χ2n) is 35.0. The number of rotatable bonds is 14. The molecule has 4 heterocycles. The lowest BCUT2D eigenvalue weighted by Crippen LogP contribution is -2.16. The summed E-state index contributed by atoms with van der Waals surface area (Å²) in [6, 6.07) is 171. The van der Waals surface area contributed by atoms with Crippen LogP contribution in [0.15, 0.2) is 482 Å². The molecule has 0 saturated heterocycles. The van der Waals surface area contributed by atoms with Crippen LogP contribution in [0.25, 0.3) is 198 Å². The summed E-state index contributed by atoms with van der Waals surface area (Å²) < 4.78 is 18.5. The van der Waals surface area contributed by atoms with Gasteiger partial charge < -0.3 is 27.8 Å². The zero-order valence-corrected chi connectivity index (χ0v) is 72.1. The summed E-state index contributed by atoms with van der Waals surface area (Å²) in [4.78, 5) is 4.74. The first-order valence-electron chi connectivity index (χ1n) is 45.1. The number of nitrogens with zero attached hydrogens (tertiary/aromatic N) is 4. The highest BCUT2D eigenvalue weighted by molar-refractivity contribution is 6.23. The summed E-state index contributed by atoms with van der Waals surface area (Å²) in [6.45, 7) is 4.69. The molecule has 4 aromatic heterocycles. The second-order valence-corrected chi connectivity index (χ2v) is 35.0. The topological polar surface area (TPSA) is 42.6 Å². The zero-order valence-electron chi connectivity index (χ0n) is 72.1. The van der Waals surface area contributed by atoms with Gasteiger partial charge in [0.05, 0.1) is 39.1 Å². The average molecular weight is 1670 g/mol. The van der Waals surface area contributed by atoms with Crippen molar-refractivity contribution in [3.05, 3.63) is 484 Å². The van der Waals surface area contributed by atoms with E-state index in [-0.39, 0.29) is 5.41 Å². The number of aromatic nitrogens is 2. The fraction of sp³-hybridized carbons (Fsp3) is 0.0240. The molecule has 1 aliphatic carbocycles. The van der Waals surface area contributed by atoms with Gasteiger partial charge in [-0.1, -0.05) is 360 Å². The molecule has 25 aromatic rings. The van der Waals surface area contributed by atoms with E-state index in [1.165, 1.54) is 143 Å². The van der Waals surface area contributed by atoms with E-state index in [2.05, 4.69) is 506 Å². The number of fused-ring (bicyclic) bond motifs is 19. The van der Waals surface area contributed by atoms with Crippen LogP contribution < -0.4 is 9.80 Å². The SMILES string of the molecule is CC1(C)c2ccccc2-c2c(N(c3ccc(-c4ccc(-c5ccc6c(c5)c5ccccc5n6-c5ccccc5)cc4)cc3)c3cccc4c3oc3ccc5ccccc5c34)cccc21.c1ccc(-c2ccc(N(c3ccc(-c4ccc(-c5ccc6c(c5)c5ccccc5n6-c5ccc(-c6ccccc6)cc5)cc4)cc3)c3cccc4c3oc3ccc5ccccc5c34)cc2)cc1. The van der Waals surface area contributed by atoms with Crippen molar-refractivity contribution in [2.24, 2.45) is 0 Å². The maximum Gasteiger partial charge on any atom is 0.159 e.